The molecule has 0 unspecified atom stereocenters. The molecule has 0 spiro atoms. The second-order valence-corrected chi connectivity index (χ2v) is 6.90. The zero-order valence-electron chi connectivity index (χ0n) is 14.0. The number of rotatable bonds is 5. The highest BCUT2D eigenvalue weighted by Gasteiger charge is 2.34. The van der Waals surface area contributed by atoms with Crippen LogP contribution >= 0.6 is 0 Å². The Morgan fingerprint density at radius 3 is 2.83 bits per heavy atom. The lowest BCUT2D eigenvalue weighted by atomic mass is 10.2. The van der Waals surface area contributed by atoms with Gasteiger partial charge >= 0.3 is 0 Å². The van der Waals surface area contributed by atoms with Gasteiger partial charge in [-0.3, -0.25) is 4.79 Å². The molecule has 2 aromatic rings. The number of likely N-dealkylation sites (N-methyl/N-ethyl adjacent to an activating group) is 1. The fourth-order valence-corrected chi connectivity index (χ4v) is 3.49. The number of nitrogens with zero attached hydrogens (tertiary/aromatic N) is 3. The predicted molar refractivity (Wildman–Crippen MR) is 92.2 cm³/mol. The molecule has 0 N–H and O–H groups in total. The maximum atomic E-state index is 12.8. The van der Waals surface area contributed by atoms with Crippen LogP contribution in [0, 0.1) is 0 Å². The van der Waals surface area contributed by atoms with Crippen LogP contribution in [-0.4, -0.2) is 42.1 Å². The first kappa shape index (κ1) is 15.2. The molecule has 2 fully saturated rings. The van der Waals surface area contributed by atoms with Gasteiger partial charge in [-0.15, -0.1) is 0 Å². The van der Waals surface area contributed by atoms with Crippen molar-refractivity contribution in [3.63, 3.8) is 0 Å². The Balaban J connectivity index is 1.44. The second-order valence-electron chi connectivity index (χ2n) is 6.90. The molecule has 1 atom stereocenters. The van der Waals surface area contributed by atoms with Crippen LogP contribution in [0.5, 0.6) is 0 Å². The number of carbonyl (C=O) groups excluding carboxylic acids is 1. The van der Waals surface area contributed by atoms with Gasteiger partial charge < -0.3 is 14.3 Å². The van der Waals surface area contributed by atoms with Crippen molar-refractivity contribution in [2.75, 3.05) is 25.0 Å². The van der Waals surface area contributed by atoms with Crippen molar-refractivity contribution in [2.45, 2.75) is 37.6 Å². The fourth-order valence-electron chi connectivity index (χ4n) is 3.49. The van der Waals surface area contributed by atoms with Gasteiger partial charge in [0.25, 0.3) is 5.91 Å². The molecule has 1 aromatic heterocycles. The largest absolute Gasteiger partial charge is 0.373 e. The summed E-state index contributed by atoms with van der Waals surface area (Å²) in [6.45, 7) is 1.64. The molecule has 5 heteroatoms. The van der Waals surface area contributed by atoms with Crippen LogP contribution in [0.3, 0.4) is 0 Å². The summed E-state index contributed by atoms with van der Waals surface area (Å²) in [4.78, 5) is 17.0. The third kappa shape index (κ3) is 3.03. The lowest BCUT2D eigenvalue weighted by Gasteiger charge is -2.29. The van der Waals surface area contributed by atoms with Gasteiger partial charge in [-0.05, 0) is 37.8 Å². The van der Waals surface area contributed by atoms with Crippen molar-refractivity contribution in [1.82, 2.24) is 10.1 Å². The Morgan fingerprint density at radius 1 is 1.29 bits per heavy atom. The van der Waals surface area contributed by atoms with Crippen LogP contribution in [0.4, 0.5) is 5.69 Å². The SMILES string of the molecule is CN(C[C@@H]1CCCN1C(=O)c1cc(C2CC2)on1)c1ccccc1. The first-order valence-electron chi connectivity index (χ1n) is 8.76. The van der Waals surface area contributed by atoms with Gasteiger partial charge in [0.1, 0.15) is 5.76 Å². The van der Waals surface area contributed by atoms with Crippen LogP contribution in [0.2, 0.25) is 0 Å². The number of hydrogen-bond donors (Lipinski definition) is 0. The van der Waals surface area contributed by atoms with E-state index in [1.165, 1.54) is 5.69 Å². The highest BCUT2D eigenvalue weighted by molar-refractivity contribution is 5.92. The van der Waals surface area contributed by atoms with Crippen molar-refractivity contribution < 1.29 is 9.32 Å². The van der Waals surface area contributed by atoms with E-state index in [1.54, 1.807) is 0 Å². The van der Waals surface area contributed by atoms with E-state index in [-0.39, 0.29) is 11.9 Å². The first-order valence-corrected chi connectivity index (χ1v) is 8.76. The van der Waals surface area contributed by atoms with Crippen molar-refractivity contribution in [1.29, 1.82) is 0 Å². The molecule has 1 aromatic carbocycles. The number of benzene rings is 1. The summed E-state index contributed by atoms with van der Waals surface area (Å²) in [5.74, 6) is 1.36. The summed E-state index contributed by atoms with van der Waals surface area (Å²) in [5, 5.41) is 4.01. The number of likely N-dealkylation sites (tertiary alicyclic amines) is 1. The van der Waals surface area contributed by atoms with E-state index in [2.05, 4.69) is 29.2 Å². The van der Waals surface area contributed by atoms with Gasteiger partial charge in [0.2, 0.25) is 0 Å². The summed E-state index contributed by atoms with van der Waals surface area (Å²) in [5.41, 5.74) is 1.64. The Hall–Kier alpha value is -2.30. The normalized spacial score (nSPS) is 20.4. The van der Waals surface area contributed by atoms with Gasteiger partial charge in [-0.2, -0.15) is 0 Å². The molecule has 126 valence electrons. The van der Waals surface area contributed by atoms with Crippen molar-refractivity contribution >= 4 is 11.6 Å². The Labute approximate surface area is 142 Å². The Morgan fingerprint density at radius 2 is 2.08 bits per heavy atom. The number of amides is 1. The molecule has 1 aliphatic heterocycles. The molecular formula is C19H23N3O2. The van der Waals surface area contributed by atoms with E-state index in [4.69, 9.17) is 4.52 Å². The number of carbonyl (C=O) groups is 1. The topological polar surface area (TPSA) is 49.6 Å². The second kappa shape index (κ2) is 6.30. The third-order valence-electron chi connectivity index (χ3n) is 5.05. The van der Waals surface area contributed by atoms with Crippen molar-refractivity contribution in [3.8, 4) is 0 Å². The van der Waals surface area contributed by atoms with Gasteiger partial charge in [0.15, 0.2) is 5.69 Å². The molecule has 2 heterocycles. The van der Waals surface area contributed by atoms with Crippen LogP contribution in [0.25, 0.3) is 0 Å². The predicted octanol–water partition coefficient (Wildman–Crippen LogP) is 3.29. The molecule has 4 rings (SSSR count). The molecule has 5 nitrogen and oxygen atoms in total. The molecule has 1 saturated heterocycles. The van der Waals surface area contributed by atoms with E-state index in [1.807, 2.05) is 29.2 Å². The summed E-state index contributed by atoms with van der Waals surface area (Å²) in [6.07, 6.45) is 4.39. The minimum absolute atomic E-state index is 0.00890. The van der Waals surface area contributed by atoms with Gasteiger partial charge in [0, 0.05) is 43.9 Å². The van der Waals surface area contributed by atoms with Crippen LogP contribution < -0.4 is 4.90 Å². The molecule has 24 heavy (non-hydrogen) atoms. The molecule has 0 radical (unpaired) electrons. The number of hydrogen-bond acceptors (Lipinski definition) is 4. The molecular weight excluding hydrogens is 302 g/mol. The summed E-state index contributed by atoms with van der Waals surface area (Å²) < 4.78 is 5.35. The van der Waals surface area contributed by atoms with Crippen molar-refractivity contribution in [3.05, 3.63) is 47.9 Å². The highest BCUT2D eigenvalue weighted by Crippen LogP contribution is 2.40. The summed E-state index contributed by atoms with van der Waals surface area (Å²) >= 11 is 0. The Kier molecular flexibility index (Phi) is 4.00. The first-order chi connectivity index (χ1) is 11.7. The average Bonchev–Trinajstić information content (AvgIpc) is 3.17. The highest BCUT2D eigenvalue weighted by atomic mass is 16.5. The zero-order valence-corrected chi connectivity index (χ0v) is 14.0. The third-order valence-corrected chi connectivity index (χ3v) is 5.05. The molecule has 0 bridgehead atoms. The number of anilines is 1. The monoisotopic (exact) mass is 325 g/mol. The minimum Gasteiger partial charge on any atom is -0.373 e. The standard InChI is InChI=1S/C19H23N3O2/c1-21(15-6-3-2-4-7-15)13-16-8-5-11-22(16)19(23)17-12-18(24-20-17)14-9-10-14/h2-4,6-7,12,14,16H,5,8-11,13H2,1H3/t16-/m0/s1. The molecule has 1 saturated carbocycles. The number of para-hydroxylation sites is 1. The Bertz CT molecular complexity index is 708. The zero-order chi connectivity index (χ0) is 16.5. The maximum Gasteiger partial charge on any atom is 0.276 e. The molecule has 1 aliphatic carbocycles. The van der Waals surface area contributed by atoms with Gasteiger partial charge in [0.05, 0.1) is 0 Å². The molecule has 1 amide bonds. The number of aromatic nitrogens is 1. The summed E-state index contributed by atoms with van der Waals surface area (Å²) in [6, 6.07) is 12.4. The maximum absolute atomic E-state index is 12.8. The van der Waals surface area contributed by atoms with Crippen LogP contribution in [0.15, 0.2) is 40.9 Å². The van der Waals surface area contributed by atoms with Crippen LogP contribution in [0.1, 0.15) is 47.8 Å². The van der Waals surface area contributed by atoms with E-state index in [0.29, 0.717) is 11.6 Å². The smallest absolute Gasteiger partial charge is 0.276 e. The van der Waals surface area contributed by atoms with E-state index >= 15 is 0 Å². The van der Waals surface area contributed by atoms with E-state index in [9.17, 15) is 4.79 Å². The molecule has 2 aliphatic rings. The van der Waals surface area contributed by atoms with Crippen LogP contribution in [-0.2, 0) is 0 Å². The van der Waals surface area contributed by atoms with Gasteiger partial charge in [-0.25, -0.2) is 0 Å². The lowest BCUT2D eigenvalue weighted by Crippen LogP contribution is -2.42. The quantitative estimate of drug-likeness (QED) is 0.846. The van der Waals surface area contributed by atoms with Gasteiger partial charge in [-0.1, -0.05) is 23.4 Å². The van der Waals surface area contributed by atoms with E-state index < -0.39 is 0 Å². The minimum atomic E-state index is 0.00890. The van der Waals surface area contributed by atoms with E-state index in [0.717, 1.165) is 44.5 Å². The lowest BCUT2D eigenvalue weighted by molar-refractivity contribution is 0.0730. The van der Waals surface area contributed by atoms with Crippen molar-refractivity contribution in [2.24, 2.45) is 0 Å². The summed E-state index contributed by atoms with van der Waals surface area (Å²) in [7, 11) is 2.08. The average molecular weight is 325 g/mol. The fraction of sp³-hybridized carbons (Fsp3) is 0.474.